The molecule has 8 heteroatoms. The van der Waals surface area contributed by atoms with E-state index in [4.69, 9.17) is 9.47 Å². The molecule has 4 N–H and O–H groups in total. The number of carbonyl (C=O) groups excluding carboxylic acids is 1. The number of rotatable bonds is 10. The highest BCUT2D eigenvalue weighted by Crippen LogP contribution is 2.27. The van der Waals surface area contributed by atoms with Crippen molar-refractivity contribution in [1.29, 1.82) is 0 Å². The number of para-hydroxylation sites is 2. The van der Waals surface area contributed by atoms with Crippen LogP contribution in [-0.4, -0.2) is 48.9 Å². The molecule has 150 valence electrons. The smallest absolute Gasteiger partial charge is 0.321 e. The van der Waals surface area contributed by atoms with Crippen molar-refractivity contribution in [3.8, 4) is 17.2 Å². The second kappa shape index (κ2) is 10.2. The molecule has 2 aromatic carbocycles. The monoisotopic (exact) mass is 388 g/mol. The molecular formula is C20H24N2O6. The molecule has 1 atom stereocenters. The fourth-order valence-electron chi connectivity index (χ4n) is 2.64. The lowest BCUT2D eigenvalue weighted by Gasteiger charge is -2.15. The summed E-state index contributed by atoms with van der Waals surface area (Å²) in [6, 6.07) is 10.7. The van der Waals surface area contributed by atoms with Crippen LogP contribution in [0.1, 0.15) is 12.0 Å². The summed E-state index contributed by atoms with van der Waals surface area (Å²) in [4.78, 5) is 23.6. The Labute approximate surface area is 163 Å². The molecule has 2 aromatic rings. The van der Waals surface area contributed by atoms with Gasteiger partial charge in [0.1, 0.15) is 11.8 Å². The highest BCUT2D eigenvalue weighted by molar-refractivity contribution is 5.95. The molecule has 1 amide bonds. The Morgan fingerprint density at radius 3 is 2.43 bits per heavy atom. The van der Waals surface area contributed by atoms with Crippen LogP contribution in [0.25, 0.3) is 0 Å². The minimum atomic E-state index is -1.13. The number of ether oxygens (including phenoxy) is 2. The van der Waals surface area contributed by atoms with Crippen molar-refractivity contribution in [1.82, 2.24) is 5.32 Å². The highest BCUT2D eigenvalue weighted by Gasteiger charge is 2.21. The number of carboxylic acid groups (broad SMARTS) is 1. The van der Waals surface area contributed by atoms with E-state index in [0.29, 0.717) is 24.5 Å². The number of phenolic OH excluding ortho intramolecular Hbond substituents is 1. The molecule has 28 heavy (non-hydrogen) atoms. The maximum atomic E-state index is 12.1. The van der Waals surface area contributed by atoms with Crippen LogP contribution in [0.3, 0.4) is 0 Å². The van der Waals surface area contributed by atoms with E-state index in [1.165, 1.54) is 12.1 Å². The summed E-state index contributed by atoms with van der Waals surface area (Å²) in [7, 11) is 3.10. The average Bonchev–Trinajstić information content (AvgIpc) is 2.68. The van der Waals surface area contributed by atoms with Crippen molar-refractivity contribution in [2.24, 2.45) is 0 Å². The van der Waals surface area contributed by atoms with E-state index in [0.717, 1.165) is 5.56 Å². The van der Waals surface area contributed by atoms with Gasteiger partial charge in [0.05, 0.1) is 26.3 Å². The van der Waals surface area contributed by atoms with Gasteiger partial charge in [-0.3, -0.25) is 9.59 Å². The molecule has 0 heterocycles. The first-order valence-corrected chi connectivity index (χ1v) is 8.69. The predicted molar refractivity (Wildman–Crippen MR) is 104 cm³/mol. The maximum Gasteiger partial charge on any atom is 0.321 e. The number of aromatic hydroxyl groups is 1. The summed E-state index contributed by atoms with van der Waals surface area (Å²) < 4.78 is 10.4. The zero-order valence-electron chi connectivity index (χ0n) is 15.8. The molecule has 2 rings (SSSR count). The van der Waals surface area contributed by atoms with Gasteiger partial charge in [0, 0.05) is 0 Å². The maximum absolute atomic E-state index is 12.1. The number of amides is 1. The molecule has 0 aliphatic heterocycles. The van der Waals surface area contributed by atoms with Crippen LogP contribution in [0, 0.1) is 0 Å². The van der Waals surface area contributed by atoms with Crippen LogP contribution in [-0.2, 0) is 16.0 Å². The van der Waals surface area contributed by atoms with Crippen molar-refractivity contribution in [3.63, 3.8) is 0 Å². The second-order valence-corrected chi connectivity index (χ2v) is 6.05. The number of carboxylic acids is 1. The lowest BCUT2D eigenvalue weighted by molar-refractivity contribution is -0.141. The van der Waals surface area contributed by atoms with Crippen LogP contribution in [0.4, 0.5) is 5.69 Å². The summed E-state index contributed by atoms with van der Waals surface area (Å²) in [5, 5.41) is 24.4. The van der Waals surface area contributed by atoms with E-state index >= 15 is 0 Å². The zero-order valence-corrected chi connectivity index (χ0v) is 15.8. The Hall–Kier alpha value is -3.26. The molecule has 0 aliphatic carbocycles. The first-order valence-electron chi connectivity index (χ1n) is 8.69. The number of hydrogen-bond donors (Lipinski definition) is 4. The highest BCUT2D eigenvalue weighted by atomic mass is 16.5. The fourth-order valence-corrected chi connectivity index (χ4v) is 2.64. The summed E-state index contributed by atoms with van der Waals surface area (Å²) in [6.45, 7) is 0.357. The SMILES string of the molecule is COc1ccc(CCNC(CC(=O)Nc2ccccc2O)C(=O)O)cc1OC. The second-order valence-electron chi connectivity index (χ2n) is 6.05. The molecule has 0 aromatic heterocycles. The Balaban J connectivity index is 1.90. The minimum Gasteiger partial charge on any atom is -0.506 e. The first kappa shape index (κ1) is 21.0. The minimum absolute atomic E-state index is 0.0795. The van der Waals surface area contributed by atoms with Gasteiger partial charge in [0.2, 0.25) is 5.91 Å². The third-order valence-electron chi connectivity index (χ3n) is 4.12. The van der Waals surface area contributed by atoms with E-state index in [9.17, 15) is 19.8 Å². The third-order valence-corrected chi connectivity index (χ3v) is 4.12. The molecule has 0 saturated carbocycles. The van der Waals surface area contributed by atoms with E-state index < -0.39 is 17.9 Å². The van der Waals surface area contributed by atoms with Crippen molar-refractivity contribution < 1.29 is 29.3 Å². The standard InChI is InChI=1S/C20H24N2O6/c1-27-17-8-7-13(11-18(17)28-2)9-10-21-15(20(25)26)12-19(24)22-14-5-3-4-6-16(14)23/h3-8,11,15,21,23H,9-10,12H2,1-2H3,(H,22,24)(H,25,26). The number of anilines is 1. The molecule has 8 nitrogen and oxygen atoms in total. The summed E-state index contributed by atoms with van der Waals surface area (Å²) in [5.74, 6) is -0.503. The van der Waals surface area contributed by atoms with Gasteiger partial charge < -0.3 is 30.3 Å². The van der Waals surface area contributed by atoms with Crippen molar-refractivity contribution in [2.45, 2.75) is 18.9 Å². The average molecular weight is 388 g/mol. The fraction of sp³-hybridized carbons (Fsp3) is 0.300. The number of benzene rings is 2. The molecule has 1 unspecified atom stereocenters. The lowest BCUT2D eigenvalue weighted by atomic mass is 10.1. The number of hydrogen-bond acceptors (Lipinski definition) is 6. The van der Waals surface area contributed by atoms with Gasteiger partial charge in [-0.05, 0) is 42.8 Å². The number of methoxy groups -OCH3 is 2. The molecule has 0 bridgehead atoms. The Kier molecular flexibility index (Phi) is 7.65. The topological polar surface area (TPSA) is 117 Å². The summed E-state index contributed by atoms with van der Waals surface area (Å²) in [5.41, 5.74) is 1.18. The number of carbonyl (C=O) groups is 2. The van der Waals surface area contributed by atoms with Gasteiger partial charge >= 0.3 is 5.97 Å². The molecular weight excluding hydrogens is 364 g/mol. The lowest BCUT2D eigenvalue weighted by Crippen LogP contribution is -2.40. The van der Waals surface area contributed by atoms with Crippen LogP contribution in [0.15, 0.2) is 42.5 Å². The predicted octanol–water partition coefficient (Wildman–Crippen LogP) is 2.02. The first-order chi connectivity index (χ1) is 13.4. The van der Waals surface area contributed by atoms with Crippen LogP contribution >= 0.6 is 0 Å². The van der Waals surface area contributed by atoms with Crippen LogP contribution in [0.5, 0.6) is 17.2 Å². The summed E-state index contributed by atoms with van der Waals surface area (Å²) in [6.07, 6.45) is 0.279. The van der Waals surface area contributed by atoms with Crippen LogP contribution < -0.4 is 20.1 Å². The molecule has 0 fully saturated rings. The van der Waals surface area contributed by atoms with Gasteiger partial charge in [-0.25, -0.2) is 0 Å². The van der Waals surface area contributed by atoms with Gasteiger partial charge in [0.25, 0.3) is 0 Å². The van der Waals surface area contributed by atoms with Gasteiger partial charge in [0.15, 0.2) is 11.5 Å². The summed E-state index contributed by atoms with van der Waals surface area (Å²) >= 11 is 0. The normalized spacial score (nSPS) is 11.5. The molecule has 0 spiro atoms. The van der Waals surface area contributed by atoms with E-state index in [1.54, 1.807) is 32.4 Å². The van der Waals surface area contributed by atoms with Crippen molar-refractivity contribution >= 4 is 17.6 Å². The van der Waals surface area contributed by atoms with E-state index in [2.05, 4.69) is 10.6 Å². The number of phenols is 1. The van der Waals surface area contributed by atoms with Gasteiger partial charge in [-0.2, -0.15) is 0 Å². The molecule has 0 radical (unpaired) electrons. The van der Waals surface area contributed by atoms with Crippen molar-refractivity contribution in [2.75, 3.05) is 26.1 Å². The number of nitrogens with one attached hydrogen (secondary N) is 2. The Morgan fingerprint density at radius 1 is 1.07 bits per heavy atom. The number of aliphatic carboxylic acids is 1. The Bertz CT molecular complexity index is 824. The quantitative estimate of drug-likeness (QED) is 0.460. The van der Waals surface area contributed by atoms with Gasteiger partial charge in [-0.15, -0.1) is 0 Å². The van der Waals surface area contributed by atoms with Crippen LogP contribution in [0.2, 0.25) is 0 Å². The Morgan fingerprint density at radius 2 is 1.79 bits per heavy atom. The van der Waals surface area contributed by atoms with Crippen molar-refractivity contribution in [3.05, 3.63) is 48.0 Å². The zero-order chi connectivity index (χ0) is 20.5. The third kappa shape index (κ3) is 5.88. The molecule has 0 saturated heterocycles. The van der Waals surface area contributed by atoms with E-state index in [1.807, 2.05) is 12.1 Å². The van der Waals surface area contributed by atoms with Gasteiger partial charge in [-0.1, -0.05) is 18.2 Å². The molecule has 0 aliphatic rings. The largest absolute Gasteiger partial charge is 0.506 e. The van der Waals surface area contributed by atoms with E-state index in [-0.39, 0.29) is 17.9 Å².